The van der Waals surface area contributed by atoms with Crippen molar-refractivity contribution in [1.29, 1.82) is 0 Å². The first kappa shape index (κ1) is 22.1. The van der Waals surface area contributed by atoms with Crippen molar-refractivity contribution in [3.05, 3.63) is 59.2 Å². The Balaban J connectivity index is 0.00000338. The summed E-state index contributed by atoms with van der Waals surface area (Å²) in [5.41, 5.74) is 3.48. The molecule has 0 atom stereocenters. The summed E-state index contributed by atoms with van der Waals surface area (Å²) in [6.07, 6.45) is 0. The van der Waals surface area contributed by atoms with Gasteiger partial charge >= 0.3 is 0 Å². The first-order valence-corrected chi connectivity index (χ1v) is 8.45. The van der Waals surface area contributed by atoms with Gasteiger partial charge in [-0.1, -0.05) is 29.8 Å². The van der Waals surface area contributed by atoms with E-state index in [1.807, 2.05) is 18.2 Å². The van der Waals surface area contributed by atoms with Gasteiger partial charge in [0, 0.05) is 24.7 Å². The van der Waals surface area contributed by atoms with E-state index < -0.39 is 0 Å². The van der Waals surface area contributed by atoms with Gasteiger partial charge in [0.25, 0.3) is 0 Å². The third-order valence-corrected chi connectivity index (χ3v) is 3.79. The molecule has 142 valence electrons. The summed E-state index contributed by atoms with van der Waals surface area (Å²) in [6, 6.07) is 14.2. The number of rotatable bonds is 7. The molecule has 2 aromatic carbocycles. The predicted molar refractivity (Wildman–Crippen MR) is 118 cm³/mol. The number of nitrogens with zero attached hydrogens (tertiary/aromatic N) is 1. The van der Waals surface area contributed by atoms with Crippen molar-refractivity contribution in [2.75, 3.05) is 20.8 Å². The molecular weight excluding hydrogens is 441 g/mol. The normalized spacial score (nSPS) is 10.7. The van der Waals surface area contributed by atoms with Gasteiger partial charge in [0.1, 0.15) is 11.5 Å². The lowest BCUT2D eigenvalue weighted by atomic mass is 10.1. The number of nitrogens with one attached hydrogen (secondary N) is 2. The van der Waals surface area contributed by atoms with Crippen LogP contribution in [0.4, 0.5) is 0 Å². The second kappa shape index (κ2) is 11.6. The molecule has 2 N–H and O–H groups in total. The maximum absolute atomic E-state index is 5.44. The minimum atomic E-state index is 0. The summed E-state index contributed by atoms with van der Waals surface area (Å²) in [5, 5.41) is 6.62. The van der Waals surface area contributed by atoms with Crippen LogP contribution in [0.15, 0.2) is 47.5 Å². The van der Waals surface area contributed by atoms with E-state index in [0.717, 1.165) is 29.6 Å². The van der Waals surface area contributed by atoms with Crippen LogP contribution in [0.1, 0.15) is 23.6 Å². The van der Waals surface area contributed by atoms with Crippen molar-refractivity contribution in [2.24, 2.45) is 4.99 Å². The molecule has 0 aliphatic heterocycles. The molecule has 6 heteroatoms. The van der Waals surface area contributed by atoms with Gasteiger partial charge < -0.3 is 20.1 Å². The number of guanidine groups is 1. The van der Waals surface area contributed by atoms with Crippen LogP contribution in [-0.2, 0) is 13.1 Å². The summed E-state index contributed by atoms with van der Waals surface area (Å²) in [6.45, 7) is 6.20. The molecule has 0 heterocycles. The lowest BCUT2D eigenvalue weighted by Crippen LogP contribution is -2.36. The Hall–Kier alpha value is -1.96. The molecule has 0 radical (unpaired) electrons. The third kappa shape index (κ3) is 6.74. The van der Waals surface area contributed by atoms with Crippen molar-refractivity contribution >= 4 is 29.9 Å². The molecule has 0 unspecified atom stereocenters. The quantitative estimate of drug-likeness (QED) is 0.367. The molecule has 0 fully saturated rings. The maximum atomic E-state index is 5.44. The number of halogens is 1. The number of hydrogen-bond donors (Lipinski definition) is 2. The molecule has 0 amide bonds. The zero-order valence-corrected chi connectivity index (χ0v) is 18.2. The predicted octanol–water partition coefficient (Wildman–Crippen LogP) is 3.89. The van der Waals surface area contributed by atoms with E-state index in [0.29, 0.717) is 13.1 Å². The third-order valence-electron chi connectivity index (χ3n) is 3.79. The summed E-state index contributed by atoms with van der Waals surface area (Å²) in [5.74, 6) is 2.35. The van der Waals surface area contributed by atoms with E-state index in [9.17, 15) is 0 Å². The Kier molecular flexibility index (Phi) is 9.87. The SMILES string of the molecule is CCNC(=NCc1cccc(C)c1)NCc1ccc(OC)cc1OC.I. The fraction of sp³-hybridized carbons (Fsp3) is 0.350. The number of methoxy groups -OCH3 is 2. The highest BCUT2D eigenvalue weighted by Gasteiger charge is 2.06. The molecule has 0 spiro atoms. The monoisotopic (exact) mass is 469 g/mol. The second-order valence-electron chi connectivity index (χ2n) is 5.72. The fourth-order valence-electron chi connectivity index (χ4n) is 2.50. The van der Waals surface area contributed by atoms with E-state index in [1.165, 1.54) is 11.1 Å². The molecule has 2 aromatic rings. The number of hydrogen-bond acceptors (Lipinski definition) is 3. The summed E-state index contributed by atoms with van der Waals surface area (Å²) < 4.78 is 10.7. The fourth-order valence-corrected chi connectivity index (χ4v) is 2.50. The first-order chi connectivity index (χ1) is 12.2. The van der Waals surface area contributed by atoms with Gasteiger partial charge in [-0.25, -0.2) is 4.99 Å². The van der Waals surface area contributed by atoms with Crippen molar-refractivity contribution in [1.82, 2.24) is 10.6 Å². The number of benzene rings is 2. The summed E-state index contributed by atoms with van der Waals surface area (Å²) in [7, 11) is 3.31. The number of aliphatic imine (C=N–C) groups is 1. The van der Waals surface area contributed by atoms with Crippen LogP contribution in [0, 0.1) is 6.92 Å². The van der Waals surface area contributed by atoms with Crippen LogP contribution in [-0.4, -0.2) is 26.7 Å². The Morgan fingerprint density at radius 2 is 1.85 bits per heavy atom. The Bertz CT molecular complexity index is 720. The smallest absolute Gasteiger partial charge is 0.191 e. The molecule has 5 nitrogen and oxygen atoms in total. The molecule has 26 heavy (non-hydrogen) atoms. The van der Waals surface area contributed by atoms with E-state index >= 15 is 0 Å². The van der Waals surface area contributed by atoms with Crippen LogP contribution >= 0.6 is 24.0 Å². The van der Waals surface area contributed by atoms with Gasteiger partial charge in [-0.15, -0.1) is 24.0 Å². The Morgan fingerprint density at radius 3 is 2.50 bits per heavy atom. The molecule has 0 bridgehead atoms. The Morgan fingerprint density at radius 1 is 1.04 bits per heavy atom. The average molecular weight is 469 g/mol. The van der Waals surface area contributed by atoms with Crippen LogP contribution in [0.25, 0.3) is 0 Å². The van der Waals surface area contributed by atoms with Gasteiger partial charge in [-0.05, 0) is 31.5 Å². The van der Waals surface area contributed by atoms with E-state index in [2.05, 4.69) is 53.7 Å². The first-order valence-electron chi connectivity index (χ1n) is 8.45. The topological polar surface area (TPSA) is 54.9 Å². The molecule has 0 aliphatic carbocycles. The van der Waals surface area contributed by atoms with Crippen molar-refractivity contribution in [3.8, 4) is 11.5 Å². The molecule has 0 saturated carbocycles. The van der Waals surface area contributed by atoms with Gasteiger partial charge in [-0.3, -0.25) is 0 Å². The molecule has 0 aliphatic rings. The summed E-state index contributed by atoms with van der Waals surface area (Å²) >= 11 is 0. The Labute approximate surface area is 173 Å². The van der Waals surface area contributed by atoms with Gasteiger partial charge in [0.05, 0.1) is 20.8 Å². The van der Waals surface area contributed by atoms with Crippen molar-refractivity contribution < 1.29 is 9.47 Å². The minimum Gasteiger partial charge on any atom is -0.497 e. The zero-order valence-electron chi connectivity index (χ0n) is 15.8. The van der Waals surface area contributed by atoms with E-state index in [1.54, 1.807) is 14.2 Å². The van der Waals surface area contributed by atoms with Gasteiger partial charge in [-0.2, -0.15) is 0 Å². The average Bonchev–Trinajstić information content (AvgIpc) is 2.64. The lowest BCUT2D eigenvalue weighted by molar-refractivity contribution is 0.390. The maximum Gasteiger partial charge on any atom is 0.191 e. The van der Waals surface area contributed by atoms with Gasteiger partial charge in [0.2, 0.25) is 0 Å². The number of aryl methyl sites for hydroxylation is 1. The summed E-state index contributed by atoms with van der Waals surface area (Å²) in [4.78, 5) is 4.66. The highest BCUT2D eigenvalue weighted by Crippen LogP contribution is 2.24. The molecule has 2 rings (SSSR count). The highest BCUT2D eigenvalue weighted by atomic mass is 127. The van der Waals surface area contributed by atoms with Crippen LogP contribution in [0.5, 0.6) is 11.5 Å². The van der Waals surface area contributed by atoms with E-state index in [-0.39, 0.29) is 24.0 Å². The molecule has 0 aromatic heterocycles. The highest BCUT2D eigenvalue weighted by molar-refractivity contribution is 14.0. The minimum absolute atomic E-state index is 0. The van der Waals surface area contributed by atoms with Crippen LogP contribution < -0.4 is 20.1 Å². The van der Waals surface area contributed by atoms with Gasteiger partial charge in [0.15, 0.2) is 5.96 Å². The lowest BCUT2D eigenvalue weighted by Gasteiger charge is -2.14. The van der Waals surface area contributed by atoms with Crippen molar-refractivity contribution in [2.45, 2.75) is 26.9 Å². The second-order valence-corrected chi connectivity index (χ2v) is 5.72. The van der Waals surface area contributed by atoms with Crippen LogP contribution in [0.3, 0.4) is 0 Å². The molecular formula is C20H28IN3O2. The van der Waals surface area contributed by atoms with Crippen LogP contribution in [0.2, 0.25) is 0 Å². The molecule has 0 saturated heterocycles. The van der Waals surface area contributed by atoms with Crippen molar-refractivity contribution in [3.63, 3.8) is 0 Å². The van der Waals surface area contributed by atoms with E-state index in [4.69, 9.17) is 9.47 Å². The number of ether oxygens (including phenoxy) is 2. The standard InChI is InChI=1S/C20H27N3O2.HI/c1-5-21-20(22-13-16-8-6-7-15(2)11-16)23-14-17-9-10-18(24-3)12-19(17)25-4;/h6-12H,5,13-14H2,1-4H3,(H2,21,22,23);1H. The zero-order chi connectivity index (χ0) is 18.1. The largest absolute Gasteiger partial charge is 0.497 e.